The Morgan fingerprint density at radius 3 is 2.36 bits per heavy atom. The van der Waals surface area contributed by atoms with Crippen molar-refractivity contribution in [2.24, 2.45) is 5.92 Å². The van der Waals surface area contributed by atoms with E-state index in [9.17, 15) is 4.39 Å². The summed E-state index contributed by atoms with van der Waals surface area (Å²) in [6.07, 6.45) is 0.817. The third-order valence-electron chi connectivity index (χ3n) is 1.80. The van der Waals surface area contributed by atoms with Crippen molar-refractivity contribution in [1.82, 2.24) is 0 Å². The van der Waals surface area contributed by atoms with E-state index in [4.69, 9.17) is 4.74 Å². The van der Waals surface area contributed by atoms with Gasteiger partial charge < -0.3 is 4.74 Å². The number of halogens is 2. The van der Waals surface area contributed by atoms with Crippen LogP contribution in [-0.2, 0) is 4.74 Å². The van der Waals surface area contributed by atoms with Crippen LogP contribution in [0.1, 0.15) is 20.3 Å². The maximum absolute atomic E-state index is 13.3. The summed E-state index contributed by atoms with van der Waals surface area (Å²) >= 11 is 3.29. The minimum Gasteiger partial charge on any atom is -0.384 e. The second-order valence-electron chi connectivity index (χ2n) is 3.19. The molecule has 0 radical (unpaired) electrons. The van der Waals surface area contributed by atoms with E-state index in [1.165, 1.54) is 0 Å². The number of rotatable bonds is 5. The van der Waals surface area contributed by atoms with Crippen LogP contribution in [0.25, 0.3) is 0 Å². The fourth-order valence-electron chi connectivity index (χ4n) is 0.958. The highest BCUT2D eigenvalue weighted by molar-refractivity contribution is 9.09. The molecule has 0 heterocycles. The van der Waals surface area contributed by atoms with E-state index in [0.29, 0.717) is 6.61 Å². The Bertz CT molecular complexity index is 94.8. The Hall–Kier alpha value is 0.370. The van der Waals surface area contributed by atoms with Gasteiger partial charge in [0.25, 0.3) is 0 Å². The monoisotopic (exact) mass is 226 g/mol. The lowest BCUT2D eigenvalue weighted by atomic mass is 9.91. The number of methoxy groups -OCH3 is 1. The first-order chi connectivity index (χ1) is 5.02. The van der Waals surface area contributed by atoms with E-state index in [0.717, 1.165) is 11.8 Å². The molecule has 1 atom stereocenters. The first kappa shape index (κ1) is 11.4. The Morgan fingerprint density at radius 2 is 2.09 bits per heavy atom. The van der Waals surface area contributed by atoms with Crippen LogP contribution in [-0.4, -0.2) is 24.7 Å². The SMILES string of the molecule is COCC(CCBr)C(C)(C)F. The molecule has 0 aromatic carbocycles. The summed E-state index contributed by atoms with van der Waals surface area (Å²) in [4.78, 5) is 0. The van der Waals surface area contributed by atoms with Crippen LogP contribution >= 0.6 is 15.9 Å². The molecule has 1 unspecified atom stereocenters. The second kappa shape index (κ2) is 5.09. The summed E-state index contributed by atoms with van der Waals surface area (Å²) < 4.78 is 18.2. The molecule has 3 heteroatoms. The summed E-state index contributed by atoms with van der Waals surface area (Å²) in [5.41, 5.74) is -1.14. The normalized spacial score (nSPS) is 15.0. The standard InChI is InChI=1S/C8H16BrFO/c1-8(2,10)7(4-5-9)6-11-3/h7H,4-6H2,1-3H3. The molecule has 0 aromatic rings. The molecule has 0 amide bonds. The molecule has 0 fully saturated rings. The van der Waals surface area contributed by atoms with Crippen LogP contribution < -0.4 is 0 Å². The molecule has 68 valence electrons. The molecule has 0 bridgehead atoms. The van der Waals surface area contributed by atoms with Gasteiger partial charge in [0, 0.05) is 18.4 Å². The Balaban J connectivity index is 3.88. The zero-order valence-corrected chi connectivity index (χ0v) is 8.95. The number of alkyl halides is 2. The molecule has 0 N–H and O–H groups in total. The molecule has 11 heavy (non-hydrogen) atoms. The quantitative estimate of drug-likeness (QED) is 0.656. The number of hydrogen-bond donors (Lipinski definition) is 0. The maximum Gasteiger partial charge on any atom is 0.110 e. The van der Waals surface area contributed by atoms with Gasteiger partial charge in [0.2, 0.25) is 0 Å². The molecule has 0 saturated heterocycles. The third kappa shape index (κ3) is 4.75. The fraction of sp³-hybridized carbons (Fsp3) is 1.00. The molecule has 0 spiro atoms. The zero-order chi connectivity index (χ0) is 8.91. The van der Waals surface area contributed by atoms with E-state index >= 15 is 0 Å². The van der Waals surface area contributed by atoms with Crippen LogP contribution in [0.4, 0.5) is 4.39 Å². The molecular formula is C8H16BrFO. The van der Waals surface area contributed by atoms with E-state index in [1.54, 1.807) is 21.0 Å². The van der Waals surface area contributed by atoms with Crippen molar-refractivity contribution in [2.75, 3.05) is 19.0 Å². The van der Waals surface area contributed by atoms with Gasteiger partial charge in [0.1, 0.15) is 5.67 Å². The summed E-state index contributed by atoms with van der Waals surface area (Å²) in [5.74, 6) is -0.00752. The van der Waals surface area contributed by atoms with Crippen molar-refractivity contribution >= 4 is 15.9 Å². The van der Waals surface area contributed by atoms with Gasteiger partial charge in [0.05, 0.1) is 6.61 Å². The topological polar surface area (TPSA) is 9.23 Å². The van der Waals surface area contributed by atoms with Crippen molar-refractivity contribution in [1.29, 1.82) is 0 Å². The van der Waals surface area contributed by atoms with Crippen LogP contribution in [0, 0.1) is 5.92 Å². The molecule has 1 nitrogen and oxygen atoms in total. The van der Waals surface area contributed by atoms with Crippen molar-refractivity contribution in [2.45, 2.75) is 25.9 Å². The van der Waals surface area contributed by atoms with Gasteiger partial charge in [-0.05, 0) is 20.3 Å². The first-order valence-electron chi connectivity index (χ1n) is 3.76. The number of ether oxygens (including phenoxy) is 1. The van der Waals surface area contributed by atoms with Gasteiger partial charge in [-0.15, -0.1) is 0 Å². The predicted octanol–water partition coefficient (Wildman–Crippen LogP) is 2.78. The van der Waals surface area contributed by atoms with Gasteiger partial charge in [-0.1, -0.05) is 15.9 Å². The highest BCUT2D eigenvalue weighted by Crippen LogP contribution is 2.25. The van der Waals surface area contributed by atoms with E-state index in [-0.39, 0.29) is 5.92 Å². The fourth-order valence-corrected chi connectivity index (χ4v) is 1.51. The summed E-state index contributed by atoms with van der Waals surface area (Å²) in [6.45, 7) is 3.69. The van der Waals surface area contributed by atoms with Crippen molar-refractivity contribution in [3.63, 3.8) is 0 Å². The van der Waals surface area contributed by atoms with Crippen molar-refractivity contribution in [3.05, 3.63) is 0 Å². The largest absolute Gasteiger partial charge is 0.384 e. The molecule has 0 aliphatic heterocycles. The average Bonchev–Trinajstić information content (AvgIpc) is 1.85. The highest BCUT2D eigenvalue weighted by Gasteiger charge is 2.27. The second-order valence-corrected chi connectivity index (χ2v) is 3.99. The Labute approximate surface area is 76.4 Å². The van der Waals surface area contributed by atoms with Crippen molar-refractivity contribution in [3.8, 4) is 0 Å². The molecule has 0 aliphatic carbocycles. The van der Waals surface area contributed by atoms with E-state index in [2.05, 4.69) is 15.9 Å². The van der Waals surface area contributed by atoms with Crippen LogP contribution in [0.5, 0.6) is 0 Å². The average molecular weight is 227 g/mol. The van der Waals surface area contributed by atoms with Gasteiger partial charge in [0.15, 0.2) is 0 Å². The highest BCUT2D eigenvalue weighted by atomic mass is 79.9. The van der Waals surface area contributed by atoms with Gasteiger partial charge in [-0.3, -0.25) is 0 Å². The lowest BCUT2D eigenvalue weighted by Crippen LogP contribution is -2.30. The Morgan fingerprint density at radius 1 is 1.55 bits per heavy atom. The maximum atomic E-state index is 13.3. The summed E-state index contributed by atoms with van der Waals surface area (Å²) in [7, 11) is 1.60. The smallest absolute Gasteiger partial charge is 0.110 e. The van der Waals surface area contributed by atoms with Gasteiger partial charge in [-0.25, -0.2) is 4.39 Å². The van der Waals surface area contributed by atoms with Crippen LogP contribution in [0.15, 0.2) is 0 Å². The number of hydrogen-bond acceptors (Lipinski definition) is 1. The summed E-state index contributed by atoms with van der Waals surface area (Å²) in [5, 5.41) is 0.828. The zero-order valence-electron chi connectivity index (χ0n) is 7.36. The third-order valence-corrected chi connectivity index (χ3v) is 2.25. The van der Waals surface area contributed by atoms with E-state index in [1.807, 2.05) is 0 Å². The lowest BCUT2D eigenvalue weighted by molar-refractivity contribution is 0.0480. The minimum absolute atomic E-state index is 0.00752. The Kier molecular flexibility index (Phi) is 5.26. The van der Waals surface area contributed by atoms with Gasteiger partial charge >= 0.3 is 0 Å². The van der Waals surface area contributed by atoms with Crippen LogP contribution in [0.2, 0.25) is 0 Å². The van der Waals surface area contributed by atoms with Gasteiger partial charge in [-0.2, -0.15) is 0 Å². The lowest BCUT2D eigenvalue weighted by Gasteiger charge is -2.25. The summed E-state index contributed by atoms with van der Waals surface area (Å²) in [6, 6.07) is 0. The molecule has 0 aromatic heterocycles. The van der Waals surface area contributed by atoms with Crippen molar-refractivity contribution < 1.29 is 9.13 Å². The molecule has 0 saturated carbocycles. The van der Waals surface area contributed by atoms with Crippen LogP contribution in [0.3, 0.4) is 0 Å². The first-order valence-corrected chi connectivity index (χ1v) is 4.88. The molecular weight excluding hydrogens is 211 g/mol. The van der Waals surface area contributed by atoms with E-state index < -0.39 is 5.67 Å². The minimum atomic E-state index is -1.14. The predicted molar refractivity (Wildman–Crippen MR) is 49.0 cm³/mol. The molecule has 0 rings (SSSR count). The molecule has 0 aliphatic rings.